The van der Waals surface area contributed by atoms with Gasteiger partial charge >= 0.3 is 0 Å². The smallest absolute Gasteiger partial charge is 0.0880 e. The van der Waals surface area contributed by atoms with Gasteiger partial charge < -0.3 is 10.2 Å². The van der Waals surface area contributed by atoms with Crippen molar-refractivity contribution in [1.29, 1.82) is 0 Å². The van der Waals surface area contributed by atoms with E-state index in [2.05, 4.69) is 69.7 Å². The van der Waals surface area contributed by atoms with Crippen molar-refractivity contribution in [1.82, 2.24) is 4.90 Å². The molecular formula is C24H24ClN3. The van der Waals surface area contributed by atoms with Crippen molar-refractivity contribution < 1.29 is 0 Å². The van der Waals surface area contributed by atoms with Crippen molar-refractivity contribution in [3.8, 4) is 0 Å². The highest BCUT2D eigenvalue weighted by atomic mass is 35.5. The van der Waals surface area contributed by atoms with Gasteiger partial charge in [0.1, 0.15) is 0 Å². The Labute approximate surface area is 170 Å². The van der Waals surface area contributed by atoms with Gasteiger partial charge in [-0.25, -0.2) is 0 Å². The fourth-order valence-electron chi connectivity index (χ4n) is 5.54. The van der Waals surface area contributed by atoms with Crippen LogP contribution in [0.4, 0.5) is 11.4 Å². The summed E-state index contributed by atoms with van der Waals surface area (Å²) in [7, 11) is 0. The number of nitrogens with one attached hydrogen (secondary N) is 1. The number of para-hydroxylation sites is 2. The normalized spacial score (nSPS) is 21.9. The molecule has 1 unspecified atom stereocenters. The Kier molecular flexibility index (Phi) is 3.82. The minimum absolute atomic E-state index is 0.429. The number of piperidine rings is 1. The maximum absolute atomic E-state index is 6.70. The molecule has 0 amide bonds. The van der Waals surface area contributed by atoms with Crippen LogP contribution >= 0.6 is 11.6 Å². The second kappa shape index (κ2) is 6.40. The van der Waals surface area contributed by atoms with Gasteiger partial charge in [0.05, 0.1) is 18.0 Å². The zero-order chi connectivity index (χ0) is 18.7. The molecule has 1 saturated heterocycles. The molecule has 0 bridgehead atoms. The molecule has 3 aliphatic rings. The number of nitrogens with zero attached hydrogens (tertiary/aromatic N) is 2. The molecule has 0 spiro atoms. The number of benzene rings is 3. The first kappa shape index (κ1) is 16.7. The molecule has 28 heavy (non-hydrogen) atoms. The lowest BCUT2D eigenvalue weighted by molar-refractivity contribution is 0.154. The first-order valence-electron chi connectivity index (χ1n) is 10.3. The van der Waals surface area contributed by atoms with E-state index in [0.29, 0.717) is 12.1 Å². The van der Waals surface area contributed by atoms with Crippen LogP contribution in [0.25, 0.3) is 10.8 Å². The van der Waals surface area contributed by atoms with E-state index in [1.165, 1.54) is 46.1 Å². The first-order valence-corrected chi connectivity index (χ1v) is 10.7. The number of likely N-dealkylation sites (tertiary alicyclic amines) is 1. The van der Waals surface area contributed by atoms with Gasteiger partial charge in [-0.05, 0) is 59.4 Å². The number of halogens is 1. The van der Waals surface area contributed by atoms with Gasteiger partial charge in [-0.2, -0.15) is 0 Å². The molecule has 2 heterocycles. The predicted molar refractivity (Wildman–Crippen MR) is 117 cm³/mol. The Morgan fingerprint density at radius 1 is 0.929 bits per heavy atom. The quantitative estimate of drug-likeness (QED) is 0.629. The Morgan fingerprint density at radius 3 is 2.68 bits per heavy atom. The number of anilines is 2. The second-order valence-corrected chi connectivity index (χ2v) is 8.69. The number of fused-ring (bicyclic) bond motifs is 1. The highest BCUT2D eigenvalue weighted by molar-refractivity contribution is 6.32. The molecule has 142 valence electrons. The summed E-state index contributed by atoms with van der Waals surface area (Å²) in [5.74, 6) is 0. The third-order valence-corrected chi connectivity index (χ3v) is 7.23. The molecule has 1 fully saturated rings. The highest BCUT2D eigenvalue weighted by Gasteiger charge is 2.35. The summed E-state index contributed by atoms with van der Waals surface area (Å²) in [4.78, 5) is 5.23. The van der Waals surface area contributed by atoms with E-state index < -0.39 is 0 Å². The summed E-state index contributed by atoms with van der Waals surface area (Å²) in [5, 5.41) is 7.20. The van der Waals surface area contributed by atoms with E-state index in [9.17, 15) is 0 Å². The van der Waals surface area contributed by atoms with Gasteiger partial charge in [0.25, 0.3) is 0 Å². The highest BCUT2D eigenvalue weighted by Crippen LogP contribution is 2.45. The predicted octanol–water partition coefficient (Wildman–Crippen LogP) is 5.44. The Bertz CT molecular complexity index is 1050. The van der Waals surface area contributed by atoms with Gasteiger partial charge in [0.2, 0.25) is 0 Å². The molecule has 0 saturated carbocycles. The Balaban J connectivity index is 1.23. The molecule has 3 aromatic carbocycles. The van der Waals surface area contributed by atoms with Crippen LogP contribution in [-0.2, 0) is 6.42 Å². The maximum Gasteiger partial charge on any atom is 0.0880 e. The van der Waals surface area contributed by atoms with E-state index in [4.69, 9.17) is 11.6 Å². The summed E-state index contributed by atoms with van der Waals surface area (Å²) in [5.41, 5.74) is 5.46. The van der Waals surface area contributed by atoms with Crippen LogP contribution in [0.15, 0.2) is 54.6 Å². The average molecular weight is 390 g/mol. The third-order valence-electron chi connectivity index (χ3n) is 6.90. The van der Waals surface area contributed by atoms with Gasteiger partial charge in [-0.15, -0.1) is 0 Å². The Morgan fingerprint density at radius 2 is 1.79 bits per heavy atom. The lowest BCUT2D eigenvalue weighted by atomic mass is 9.98. The SMILES string of the molecule is Clc1ccc2cccc3c2c1C(N1CCC(N2CNc4ccccc42)CC1)C3. The van der Waals surface area contributed by atoms with Crippen molar-refractivity contribution in [2.75, 3.05) is 30.0 Å². The molecular weight excluding hydrogens is 366 g/mol. The zero-order valence-corrected chi connectivity index (χ0v) is 16.6. The van der Waals surface area contributed by atoms with Crippen molar-refractivity contribution >= 4 is 33.7 Å². The van der Waals surface area contributed by atoms with Gasteiger partial charge in [-0.3, -0.25) is 4.90 Å². The molecule has 3 nitrogen and oxygen atoms in total. The van der Waals surface area contributed by atoms with E-state index in [1.54, 1.807) is 0 Å². The fourth-order valence-corrected chi connectivity index (χ4v) is 5.82. The first-order chi connectivity index (χ1) is 13.8. The number of hydrogen-bond donors (Lipinski definition) is 1. The molecule has 2 aliphatic heterocycles. The maximum atomic E-state index is 6.70. The van der Waals surface area contributed by atoms with Crippen LogP contribution in [-0.4, -0.2) is 30.7 Å². The summed E-state index contributed by atoms with van der Waals surface area (Å²) >= 11 is 6.70. The van der Waals surface area contributed by atoms with Crippen LogP contribution in [0.2, 0.25) is 5.02 Å². The zero-order valence-electron chi connectivity index (χ0n) is 15.9. The monoisotopic (exact) mass is 389 g/mol. The van der Waals surface area contributed by atoms with E-state index in [0.717, 1.165) is 31.2 Å². The van der Waals surface area contributed by atoms with Gasteiger partial charge in [0, 0.05) is 30.2 Å². The van der Waals surface area contributed by atoms with Crippen LogP contribution < -0.4 is 10.2 Å². The third kappa shape index (κ3) is 2.46. The topological polar surface area (TPSA) is 18.5 Å². The summed E-state index contributed by atoms with van der Waals surface area (Å²) in [6.45, 7) is 3.20. The standard InChI is InChI=1S/C24H24ClN3/c25-19-9-8-16-4-3-5-17-14-22(24(19)23(16)17)27-12-10-18(11-13-27)28-15-26-20-6-1-2-7-21(20)28/h1-9,18,22,26H,10-15H2. The van der Waals surface area contributed by atoms with E-state index >= 15 is 0 Å². The van der Waals surface area contributed by atoms with Crippen LogP contribution in [0.3, 0.4) is 0 Å². The summed E-state index contributed by atoms with van der Waals surface area (Å²) in [6.07, 6.45) is 3.50. The fraction of sp³-hybridized carbons (Fsp3) is 0.333. The van der Waals surface area contributed by atoms with E-state index in [-0.39, 0.29) is 0 Å². The number of hydrogen-bond acceptors (Lipinski definition) is 3. The van der Waals surface area contributed by atoms with Crippen molar-refractivity contribution in [2.45, 2.75) is 31.3 Å². The molecule has 6 rings (SSSR count). The minimum Gasteiger partial charge on any atom is -0.366 e. The Hall–Kier alpha value is -2.23. The lowest BCUT2D eigenvalue weighted by Crippen LogP contribution is -2.46. The molecule has 4 heteroatoms. The van der Waals surface area contributed by atoms with Crippen LogP contribution in [0.5, 0.6) is 0 Å². The largest absolute Gasteiger partial charge is 0.366 e. The van der Waals surface area contributed by atoms with Crippen LogP contribution in [0.1, 0.15) is 30.0 Å². The van der Waals surface area contributed by atoms with Crippen molar-refractivity contribution in [3.63, 3.8) is 0 Å². The molecule has 3 aromatic rings. The molecule has 0 radical (unpaired) electrons. The van der Waals surface area contributed by atoms with Gasteiger partial charge in [0.15, 0.2) is 0 Å². The molecule has 0 aromatic heterocycles. The van der Waals surface area contributed by atoms with Gasteiger partial charge in [-0.1, -0.05) is 48.0 Å². The number of rotatable bonds is 2. The average Bonchev–Trinajstić information content (AvgIpc) is 3.34. The lowest BCUT2D eigenvalue weighted by Gasteiger charge is -2.40. The summed E-state index contributed by atoms with van der Waals surface area (Å²) < 4.78 is 0. The molecule has 1 atom stereocenters. The molecule has 1 N–H and O–H groups in total. The second-order valence-electron chi connectivity index (χ2n) is 8.29. The van der Waals surface area contributed by atoms with Crippen LogP contribution in [0, 0.1) is 0 Å². The molecule has 1 aliphatic carbocycles. The summed E-state index contributed by atoms with van der Waals surface area (Å²) in [6, 6.07) is 20.7. The minimum atomic E-state index is 0.429. The van der Waals surface area contributed by atoms with E-state index in [1.807, 2.05) is 0 Å². The van der Waals surface area contributed by atoms with Crippen molar-refractivity contribution in [3.05, 3.63) is 70.7 Å². The van der Waals surface area contributed by atoms with Crippen molar-refractivity contribution in [2.24, 2.45) is 0 Å².